The highest BCUT2D eigenvalue weighted by Gasteiger charge is 2.20. The standard InChI is InChI=1S/C6H14BNO2P/c1-9-4-5-2-8-3-6(7-11)10-5/h5-6,8H,2-4,11H2,1H3. The van der Waals surface area contributed by atoms with Crippen LogP contribution in [0.4, 0.5) is 0 Å². The van der Waals surface area contributed by atoms with E-state index in [9.17, 15) is 0 Å². The monoisotopic (exact) mass is 174 g/mol. The zero-order valence-corrected chi connectivity index (χ0v) is 7.90. The molecule has 1 aliphatic rings. The van der Waals surface area contributed by atoms with E-state index in [2.05, 4.69) is 14.4 Å². The predicted octanol–water partition coefficient (Wildman–Crippen LogP) is -0.558. The summed E-state index contributed by atoms with van der Waals surface area (Å²) in [5, 5.41) is 3.27. The van der Waals surface area contributed by atoms with Gasteiger partial charge in [-0.05, 0) is 0 Å². The minimum absolute atomic E-state index is 0.204. The van der Waals surface area contributed by atoms with Crippen molar-refractivity contribution in [3.63, 3.8) is 0 Å². The molecular formula is C6H14BNO2P. The molecule has 1 fully saturated rings. The number of ether oxygens (including phenoxy) is 2. The topological polar surface area (TPSA) is 30.5 Å². The van der Waals surface area contributed by atoms with Crippen LogP contribution in [0.3, 0.4) is 0 Å². The van der Waals surface area contributed by atoms with Crippen LogP contribution in [-0.4, -0.2) is 45.9 Å². The fourth-order valence-corrected chi connectivity index (χ4v) is 1.35. The molecule has 3 unspecified atom stereocenters. The highest BCUT2D eigenvalue weighted by atomic mass is 31.0. The van der Waals surface area contributed by atoms with Gasteiger partial charge in [0.05, 0.1) is 12.7 Å². The number of hydrogen-bond donors (Lipinski definition) is 1. The fourth-order valence-electron chi connectivity index (χ4n) is 1.13. The molecule has 1 radical (unpaired) electrons. The van der Waals surface area contributed by atoms with E-state index in [0.717, 1.165) is 13.1 Å². The van der Waals surface area contributed by atoms with Crippen LogP contribution in [0.2, 0.25) is 0 Å². The van der Waals surface area contributed by atoms with Crippen LogP contribution < -0.4 is 5.32 Å². The van der Waals surface area contributed by atoms with Crippen molar-refractivity contribution in [3.05, 3.63) is 0 Å². The molecule has 3 nitrogen and oxygen atoms in total. The number of methoxy groups -OCH3 is 1. The molecule has 3 atom stereocenters. The first-order valence-electron chi connectivity index (χ1n) is 3.77. The Bertz CT molecular complexity index is 115. The van der Waals surface area contributed by atoms with Crippen molar-refractivity contribution in [1.82, 2.24) is 5.32 Å². The van der Waals surface area contributed by atoms with Crippen LogP contribution in [0.5, 0.6) is 0 Å². The van der Waals surface area contributed by atoms with Crippen LogP contribution in [-0.2, 0) is 9.47 Å². The van der Waals surface area contributed by atoms with Crippen molar-refractivity contribution in [1.29, 1.82) is 0 Å². The third kappa shape index (κ3) is 3.08. The smallest absolute Gasteiger partial charge is 0.178 e. The lowest BCUT2D eigenvalue weighted by Gasteiger charge is -2.29. The van der Waals surface area contributed by atoms with Crippen LogP contribution in [0.15, 0.2) is 0 Å². The molecule has 1 aliphatic heterocycles. The molecule has 1 heterocycles. The first-order chi connectivity index (χ1) is 5.36. The van der Waals surface area contributed by atoms with Crippen LogP contribution >= 0.6 is 9.12 Å². The average molecular weight is 174 g/mol. The Balaban J connectivity index is 2.21. The van der Waals surface area contributed by atoms with Gasteiger partial charge in [0.2, 0.25) is 0 Å². The predicted molar refractivity (Wildman–Crippen MR) is 48.9 cm³/mol. The van der Waals surface area contributed by atoms with E-state index < -0.39 is 0 Å². The van der Waals surface area contributed by atoms with Gasteiger partial charge in [0.1, 0.15) is 0 Å². The van der Waals surface area contributed by atoms with Gasteiger partial charge >= 0.3 is 0 Å². The molecule has 0 saturated carbocycles. The normalized spacial score (nSPS) is 31.8. The van der Waals surface area contributed by atoms with Crippen molar-refractivity contribution < 1.29 is 9.47 Å². The molecule has 5 heteroatoms. The largest absolute Gasteiger partial charge is 0.382 e. The fraction of sp³-hybridized carbons (Fsp3) is 1.00. The van der Waals surface area contributed by atoms with Crippen molar-refractivity contribution in [2.45, 2.75) is 12.1 Å². The highest BCUT2D eigenvalue weighted by molar-refractivity contribution is 7.56. The van der Waals surface area contributed by atoms with Crippen LogP contribution in [0.25, 0.3) is 0 Å². The summed E-state index contributed by atoms with van der Waals surface area (Å²) < 4.78 is 10.6. The summed E-state index contributed by atoms with van der Waals surface area (Å²) in [6.45, 7) is 4.45. The molecular weight excluding hydrogens is 160 g/mol. The van der Waals surface area contributed by atoms with E-state index >= 15 is 0 Å². The molecule has 0 aromatic rings. The zero-order valence-electron chi connectivity index (χ0n) is 6.75. The van der Waals surface area contributed by atoms with Crippen molar-refractivity contribution in [3.8, 4) is 0 Å². The number of morpholine rings is 1. The lowest BCUT2D eigenvalue weighted by Crippen LogP contribution is -2.47. The van der Waals surface area contributed by atoms with E-state index in [1.54, 1.807) is 7.11 Å². The summed E-state index contributed by atoms with van der Waals surface area (Å²) in [5.74, 6) is 0. The summed E-state index contributed by atoms with van der Waals surface area (Å²) in [6.07, 6.45) is 0.204. The van der Waals surface area contributed by atoms with Crippen molar-refractivity contribution in [2.24, 2.45) is 0 Å². The second-order valence-electron chi connectivity index (χ2n) is 2.60. The lowest BCUT2D eigenvalue weighted by molar-refractivity contribution is -0.0368. The SMILES string of the molecule is COCC1CNCC([B]P)O1. The maximum Gasteiger partial charge on any atom is 0.178 e. The Morgan fingerprint density at radius 1 is 1.73 bits per heavy atom. The molecule has 0 bridgehead atoms. The van der Waals surface area contributed by atoms with Gasteiger partial charge in [0, 0.05) is 26.2 Å². The maximum absolute atomic E-state index is 5.61. The third-order valence-electron chi connectivity index (χ3n) is 1.65. The molecule has 0 aromatic carbocycles. The molecule has 0 amide bonds. The summed E-state index contributed by atoms with van der Waals surface area (Å²) in [6, 6.07) is 0.217. The second-order valence-corrected chi connectivity index (χ2v) is 2.99. The minimum atomic E-state index is 0.204. The average Bonchev–Trinajstić information content (AvgIpc) is 2.06. The van der Waals surface area contributed by atoms with Crippen molar-refractivity contribution >= 4 is 16.1 Å². The molecule has 0 aromatic heterocycles. The number of hydrogen-bond acceptors (Lipinski definition) is 3. The summed E-state index contributed by atoms with van der Waals surface area (Å²) in [5.41, 5.74) is 0. The summed E-state index contributed by atoms with van der Waals surface area (Å²) in [7, 11) is 4.26. The molecule has 63 valence electrons. The van der Waals surface area contributed by atoms with Gasteiger partial charge in [-0.15, -0.1) is 0 Å². The molecule has 11 heavy (non-hydrogen) atoms. The van der Waals surface area contributed by atoms with E-state index in [4.69, 9.17) is 9.47 Å². The Kier molecular flexibility index (Phi) is 4.38. The lowest BCUT2D eigenvalue weighted by atomic mass is 9.96. The van der Waals surface area contributed by atoms with Gasteiger partial charge < -0.3 is 14.8 Å². The quantitative estimate of drug-likeness (QED) is 0.459. The summed E-state index contributed by atoms with van der Waals surface area (Å²) in [4.78, 5) is 0. The summed E-state index contributed by atoms with van der Waals surface area (Å²) >= 11 is 0. The van der Waals surface area contributed by atoms with Gasteiger partial charge in [0.25, 0.3) is 0 Å². The van der Waals surface area contributed by atoms with Gasteiger partial charge in [0.15, 0.2) is 7.00 Å². The minimum Gasteiger partial charge on any atom is -0.382 e. The molecule has 0 aliphatic carbocycles. The van der Waals surface area contributed by atoms with Crippen LogP contribution in [0, 0.1) is 0 Å². The molecule has 0 spiro atoms. The zero-order chi connectivity index (χ0) is 8.10. The molecule has 1 rings (SSSR count). The van der Waals surface area contributed by atoms with E-state index in [-0.39, 0.29) is 12.1 Å². The van der Waals surface area contributed by atoms with Gasteiger partial charge in [-0.3, -0.25) is 0 Å². The first kappa shape index (κ1) is 9.46. The highest BCUT2D eigenvalue weighted by Crippen LogP contribution is 2.04. The molecule has 1 saturated heterocycles. The Labute approximate surface area is 70.6 Å². The number of rotatable bonds is 3. The Morgan fingerprint density at radius 2 is 2.55 bits per heavy atom. The van der Waals surface area contributed by atoms with E-state index in [1.807, 2.05) is 7.00 Å². The molecule has 1 N–H and O–H groups in total. The Morgan fingerprint density at radius 3 is 3.18 bits per heavy atom. The van der Waals surface area contributed by atoms with Gasteiger partial charge in [-0.2, -0.15) is 9.12 Å². The van der Waals surface area contributed by atoms with Gasteiger partial charge in [-0.1, -0.05) is 0 Å². The second kappa shape index (κ2) is 5.10. The van der Waals surface area contributed by atoms with Gasteiger partial charge in [-0.25, -0.2) is 0 Å². The third-order valence-corrected chi connectivity index (χ3v) is 2.08. The maximum atomic E-state index is 5.61. The van der Waals surface area contributed by atoms with Crippen molar-refractivity contribution in [2.75, 3.05) is 26.8 Å². The van der Waals surface area contributed by atoms with E-state index in [1.165, 1.54) is 0 Å². The Hall–Kier alpha value is 0.375. The first-order valence-corrected chi connectivity index (χ1v) is 4.43. The van der Waals surface area contributed by atoms with Crippen LogP contribution in [0.1, 0.15) is 0 Å². The van der Waals surface area contributed by atoms with E-state index in [0.29, 0.717) is 6.61 Å². The number of nitrogens with one attached hydrogen (secondary N) is 1.